The molecule has 0 aliphatic carbocycles. The molecule has 1 amide bonds. The average Bonchev–Trinajstić information content (AvgIpc) is 3.28. The Morgan fingerprint density at radius 1 is 1.24 bits per heavy atom. The predicted molar refractivity (Wildman–Crippen MR) is 98.0 cm³/mol. The van der Waals surface area contributed by atoms with Gasteiger partial charge in [0.1, 0.15) is 0 Å². The molecule has 0 saturated carbocycles. The first-order chi connectivity index (χ1) is 12.2. The van der Waals surface area contributed by atoms with Crippen molar-refractivity contribution >= 4 is 5.91 Å². The number of fused-ring (bicyclic) bond motifs is 1. The molecule has 0 unspecified atom stereocenters. The number of hydrogen-bond acceptors (Lipinski definition) is 3. The van der Waals surface area contributed by atoms with Crippen molar-refractivity contribution in [2.75, 3.05) is 19.6 Å². The molecule has 0 N–H and O–H groups in total. The maximum atomic E-state index is 13.1. The second-order valence-electron chi connectivity index (χ2n) is 7.32. The monoisotopic (exact) mass is 338 g/mol. The van der Waals surface area contributed by atoms with E-state index < -0.39 is 0 Å². The van der Waals surface area contributed by atoms with Crippen molar-refractivity contribution in [3.63, 3.8) is 0 Å². The lowest BCUT2D eigenvalue weighted by Gasteiger charge is -2.43. The molecule has 4 rings (SSSR count). The molecule has 2 atom stereocenters. The van der Waals surface area contributed by atoms with Crippen molar-refractivity contribution in [2.45, 2.75) is 45.2 Å². The van der Waals surface area contributed by atoms with Crippen LogP contribution >= 0.6 is 0 Å². The summed E-state index contributed by atoms with van der Waals surface area (Å²) in [5, 5.41) is 4.33. The van der Waals surface area contributed by atoms with Crippen molar-refractivity contribution < 1.29 is 4.79 Å². The number of nitrogens with zero attached hydrogens (tertiary/aromatic N) is 4. The van der Waals surface area contributed by atoms with Crippen LogP contribution in [-0.4, -0.2) is 57.2 Å². The van der Waals surface area contributed by atoms with Gasteiger partial charge in [0.05, 0.1) is 11.9 Å². The number of benzene rings is 1. The Kier molecular flexibility index (Phi) is 4.34. The Labute approximate surface area is 149 Å². The summed E-state index contributed by atoms with van der Waals surface area (Å²) in [6.45, 7) is 7.30. The largest absolute Gasteiger partial charge is 0.333 e. The molecule has 2 aliphatic rings. The molecule has 2 aromatic rings. The van der Waals surface area contributed by atoms with Crippen molar-refractivity contribution in [2.24, 2.45) is 0 Å². The molecule has 1 aromatic heterocycles. The number of hydrogen-bond donors (Lipinski definition) is 0. The number of carbonyl (C=O) groups excluding carboxylic acids is 1. The average molecular weight is 338 g/mol. The van der Waals surface area contributed by atoms with Gasteiger partial charge in [0.2, 0.25) is 0 Å². The summed E-state index contributed by atoms with van der Waals surface area (Å²) < 4.78 is 1.84. The fourth-order valence-electron chi connectivity index (χ4n) is 4.16. The fraction of sp³-hybridized carbons (Fsp3) is 0.500. The minimum absolute atomic E-state index is 0.168. The highest BCUT2D eigenvalue weighted by molar-refractivity contribution is 5.94. The minimum atomic E-state index is 0.168. The van der Waals surface area contributed by atoms with Gasteiger partial charge in [0.25, 0.3) is 5.91 Å². The number of amides is 1. The highest BCUT2D eigenvalue weighted by Crippen LogP contribution is 2.27. The predicted octanol–water partition coefficient (Wildman–Crippen LogP) is 2.88. The van der Waals surface area contributed by atoms with E-state index in [0.29, 0.717) is 12.1 Å². The van der Waals surface area contributed by atoms with Gasteiger partial charge >= 0.3 is 0 Å². The topological polar surface area (TPSA) is 41.4 Å². The minimum Gasteiger partial charge on any atom is -0.333 e. The van der Waals surface area contributed by atoms with Crippen LogP contribution in [0.2, 0.25) is 0 Å². The van der Waals surface area contributed by atoms with Crippen LogP contribution in [0.25, 0.3) is 5.69 Å². The van der Waals surface area contributed by atoms with E-state index >= 15 is 0 Å². The van der Waals surface area contributed by atoms with Gasteiger partial charge in [-0.25, -0.2) is 4.68 Å². The molecule has 2 fully saturated rings. The van der Waals surface area contributed by atoms with Crippen LogP contribution in [0.15, 0.2) is 36.7 Å². The van der Waals surface area contributed by atoms with Crippen LogP contribution in [0.3, 0.4) is 0 Å². The fourth-order valence-corrected chi connectivity index (χ4v) is 4.16. The van der Waals surface area contributed by atoms with E-state index in [9.17, 15) is 4.79 Å². The Morgan fingerprint density at radius 3 is 2.72 bits per heavy atom. The summed E-state index contributed by atoms with van der Waals surface area (Å²) in [7, 11) is 0. The molecule has 0 bridgehead atoms. The number of rotatable bonds is 3. The molecular formula is C20H26N4O. The number of piperazine rings is 1. The molecule has 5 nitrogen and oxygen atoms in total. The molecule has 2 saturated heterocycles. The quantitative estimate of drug-likeness (QED) is 0.864. The zero-order valence-corrected chi connectivity index (χ0v) is 15.1. The summed E-state index contributed by atoms with van der Waals surface area (Å²) in [4.78, 5) is 17.8. The van der Waals surface area contributed by atoms with E-state index in [2.05, 4.69) is 21.8 Å². The summed E-state index contributed by atoms with van der Waals surface area (Å²) in [5.74, 6) is 0.168. The van der Waals surface area contributed by atoms with Gasteiger partial charge in [-0.2, -0.15) is 5.10 Å². The molecular weight excluding hydrogens is 312 g/mol. The van der Waals surface area contributed by atoms with Crippen LogP contribution in [0.5, 0.6) is 0 Å². The summed E-state index contributed by atoms with van der Waals surface area (Å²) >= 11 is 0. The normalized spacial score (nSPS) is 23.7. The lowest BCUT2D eigenvalue weighted by Crippen LogP contribution is -2.57. The zero-order chi connectivity index (χ0) is 17.4. The highest BCUT2D eigenvalue weighted by Gasteiger charge is 2.37. The van der Waals surface area contributed by atoms with Crippen LogP contribution in [0.4, 0.5) is 0 Å². The van der Waals surface area contributed by atoms with E-state index in [4.69, 9.17) is 0 Å². The summed E-state index contributed by atoms with van der Waals surface area (Å²) in [6.07, 6.45) is 7.33. The SMILES string of the molecule is CC[C@H]1CN2CCC[C@H]2CN1C(=O)c1ccc(-n2cc(C)cn2)cc1. The maximum Gasteiger partial charge on any atom is 0.254 e. The van der Waals surface area contributed by atoms with Crippen LogP contribution in [-0.2, 0) is 0 Å². The Bertz CT molecular complexity index is 751. The molecule has 0 radical (unpaired) electrons. The van der Waals surface area contributed by atoms with Gasteiger partial charge in [0.15, 0.2) is 0 Å². The number of aromatic nitrogens is 2. The van der Waals surface area contributed by atoms with E-state index in [0.717, 1.165) is 36.3 Å². The summed E-state index contributed by atoms with van der Waals surface area (Å²) in [6, 6.07) is 8.71. The van der Waals surface area contributed by atoms with E-state index in [-0.39, 0.29) is 5.91 Å². The first kappa shape index (κ1) is 16.3. The molecule has 1 aromatic carbocycles. The summed E-state index contributed by atoms with van der Waals surface area (Å²) in [5.41, 5.74) is 2.88. The smallest absolute Gasteiger partial charge is 0.254 e. The van der Waals surface area contributed by atoms with E-state index in [1.807, 2.05) is 48.3 Å². The molecule has 25 heavy (non-hydrogen) atoms. The first-order valence-corrected chi connectivity index (χ1v) is 9.32. The second-order valence-corrected chi connectivity index (χ2v) is 7.32. The lowest BCUT2D eigenvalue weighted by molar-refractivity contribution is 0.0345. The zero-order valence-electron chi connectivity index (χ0n) is 15.1. The van der Waals surface area contributed by atoms with Gasteiger partial charge in [-0.3, -0.25) is 9.69 Å². The number of aryl methyl sites for hydroxylation is 1. The van der Waals surface area contributed by atoms with Gasteiger partial charge in [0, 0.05) is 36.9 Å². The Balaban J connectivity index is 1.53. The van der Waals surface area contributed by atoms with Crippen molar-refractivity contribution in [1.29, 1.82) is 0 Å². The van der Waals surface area contributed by atoms with Crippen molar-refractivity contribution in [3.05, 3.63) is 47.8 Å². The second kappa shape index (κ2) is 6.64. The standard InChI is InChI=1S/C20H26N4O/c1-3-17-13-22-10-4-5-19(22)14-23(17)20(25)16-6-8-18(9-7-16)24-12-15(2)11-21-24/h6-9,11-12,17,19H,3-5,10,13-14H2,1-2H3/t17-,19-/m0/s1. The lowest BCUT2D eigenvalue weighted by atomic mass is 10.0. The van der Waals surface area contributed by atoms with Crippen LogP contribution in [0.1, 0.15) is 42.1 Å². The van der Waals surface area contributed by atoms with Gasteiger partial charge in [-0.1, -0.05) is 6.92 Å². The van der Waals surface area contributed by atoms with Crippen LogP contribution in [0, 0.1) is 6.92 Å². The Morgan fingerprint density at radius 2 is 2.04 bits per heavy atom. The molecule has 0 spiro atoms. The van der Waals surface area contributed by atoms with Gasteiger partial charge in [-0.05, 0) is 62.6 Å². The number of carbonyl (C=O) groups is 1. The van der Waals surface area contributed by atoms with E-state index in [1.165, 1.54) is 19.4 Å². The molecule has 132 valence electrons. The van der Waals surface area contributed by atoms with Gasteiger partial charge < -0.3 is 4.90 Å². The Hall–Kier alpha value is -2.14. The van der Waals surface area contributed by atoms with E-state index in [1.54, 1.807) is 0 Å². The third-order valence-electron chi connectivity index (χ3n) is 5.62. The van der Waals surface area contributed by atoms with Gasteiger partial charge in [-0.15, -0.1) is 0 Å². The van der Waals surface area contributed by atoms with Crippen LogP contribution < -0.4 is 0 Å². The third kappa shape index (κ3) is 3.09. The molecule has 3 heterocycles. The first-order valence-electron chi connectivity index (χ1n) is 9.32. The molecule has 2 aliphatic heterocycles. The molecule has 5 heteroatoms. The highest BCUT2D eigenvalue weighted by atomic mass is 16.2. The maximum absolute atomic E-state index is 13.1. The van der Waals surface area contributed by atoms with Crippen molar-refractivity contribution in [3.8, 4) is 5.69 Å². The van der Waals surface area contributed by atoms with Crippen molar-refractivity contribution in [1.82, 2.24) is 19.6 Å². The third-order valence-corrected chi connectivity index (χ3v) is 5.62.